The van der Waals surface area contributed by atoms with Crippen LogP contribution in [-0.4, -0.2) is 87.8 Å². The molecule has 12 aromatic carbocycles. The number of ether oxygens (including phenoxy) is 4. The monoisotopic (exact) mass is 1710 g/mol. The van der Waals surface area contributed by atoms with Crippen LogP contribution in [-0.2, 0) is 63.1 Å². The van der Waals surface area contributed by atoms with Crippen LogP contribution in [0.25, 0.3) is 0 Å². The van der Waals surface area contributed by atoms with E-state index in [0.29, 0.717) is 171 Å². The van der Waals surface area contributed by atoms with Gasteiger partial charge < -0.3 is 69.9 Å². The molecule has 12 aromatic rings. The van der Waals surface area contributed by atoms with Crippen molar-refractivity contribution >= 4 is 117 Å². The first-order valence-corrected chi connectivity index (χ1v) is 49.5. The molecular weight excluding hydrogens is 1600 g/mol. The van der Waals surface area contributed by atoms with Gasteiger partial charge in [-0.3, -0.25) is 19.2 Å². The Hall–Kier alpha value is -11.4. The van der Waals surface area contributed by atoms with Crippen molar-refractivity contribution in [3.63, 3.8) is 0 Å². The van der Waals surface area contributed by atoms with Crippen LogP contribution in [0, 0.1) is 0 Å². The Morgan fingerprint density at radius 2 is 0.434 bits per heavy atom. The first-order chi connectivity index (χ1) is 59.4. The first kappa shape index (κ1) is 88.3. The molecule has 8 N–H and O–H groups in total. The highest BCUT2D eigenvalue weighted by atomic mass is 31.2. The number of nitrogens with two attached hydrogens (primary N) is 2. The fourth-order valence-corrected chi connectivity index (χ4v) is 25.6. The van der Waals surface area contributed by atoms with E-state index in [4.69, 9.17) is 30.4 Å². The van der Waals surface area contributed by atoms with Gasteiger partial charge in [-0.2, -0.15) is 0 Å². The topological polar surface area (TPSA) is 274 Å². The zero-order valence-electron chi connectivity index (χ0n) is 69.1. The molecule has 0 spiro atoms. The summed E-state index contributed by atoms with van der Waals surface area (Å²) in [5.41, 5.74) is 18.2. The lowest BCUT2D eigenvalue weighted by atomic mass is 9.90. The molecular formula is C100H106N6O12P4. The SMILES string of the molecule is CCCOc1c2cc(NC(=O)CP(=O)(c3ccccc3)c3ccccc3)cc1Cc1cc(NC(=O)CP(=O)(c3ccccc3)c3ccccc3)cc(c1OCCCCCN)Cc1cc(NC(=O)CP(=O)(c3ccccc3)c3ccccc3)cc(c1OCCC)Cc1cc(NC(=O)CP(=O)(c3ccccc3)c3ccccc3)cc(c1OCCCCCN)C2. The maximum absolute atomic E-state index is 15.9. The number of hydrogen-bond acceptors (Lipinski definition) is 14. The number of unbranched alkanes of at least 4 members (excludes halogenated alkanes) is 4. The summed E-state index contributed by atoms with van der Waals surface area (Å²) in [5.74, 6) is -0.315. The highest BCUT2D eigenvalue weighted by Gasteiger charge is 2.36. The molecule has 4 amide bonds. The molecule has 0 heterocycles. The zero-order chi connectivity index (χ0) is 85.3. The Balaban J connectivity index is 1.06. The maximum Gasteiger partial charge on any atom is 0.232 e. The Labute approximate surface area is 715 Å². The van der Waals surface area contributed by atoms with Gasteiger partial charge in [0.15, 0.2) is 28.6 Å². The molecule has 0 unspecified atom stereocenters. The predicted molar refractivity (Wildman–Crippen MR) is 498 cm³/mol. The van der Waals surface area contributed by atoms with E-state index in [-0.39, 0.29) is 52.1 Å². The molecule has 0 saturated carbocycles. The number of nitrogens with one attached hydrogen (secondary N) is 4. The van der Waals surface area contributed by atoms with Crippen molar-refractivity contribution in [2.75, 3.05) is 85.4 Å². The largest absolute Gasteiger partial charge is 0.493 e. The number of amides is 4. The second-order valence-corrected chi connectivity index (χ2v) is 42.1. The fourth-order valence-electron chi connectivity index (χ4n) is 15.8. The van der Waals surface area contributed by atoms with Gasteiger partial charge in [-0.1, -0.05) is 257 Å². The van der Waals surface area contributed by atoms with Crippen molar-refractivity contribution in [1.29, 1.82) is 0 Å². The van der Waals surface area contributed by atoms with E-state index < -0.39 is 76.8 Å². The van der Waals surface area contributed by atoms with Crippen LogP contribution in [0.15, 0.2) is 291 Å². The van der Waals surface area contributed by atoms with Crippen LogP contribution in [0.4, 0.5) is 22.7 Å². The van der Waals surface area contributed by atoms with Crippen molar-refractivity contribution in [1.82, 2.24) is 0 Å². The first-order valence-electron chi connectivity index (χ1n) is 41.9. The third-order valence-corrected chi connectivity index (χ3v) is 33.6. The highest BCUT2D eigenvalue weighted by molar-refractivity contribution is 7.80. The van der Waals surface area contributed by atoms with Gasteiger partial charge in [-0.05, 0) is 113 Å². The molecule has 18 nitrogen and oxygen atoms in total. The number of anilines is 4. The Morgan fingerprint density at radius 1 is 0.262 bits per heavy atom. The van der Waals surface area contributed by atoms with E-state index in [1.165, 1.54) is 0 Å². The van der Waals surface area contributed by atoms with E-state index in [2.05, 4.69) is 21.3 Å². The average molecular weight is 1710 g/mol. The van der Waals surface area contributed by atoms with Gasteiger partial charge in [0.2, 0.25) is 23.6 Å². The summed E-state index contributed by atoms with van der Waals surface area (Å²) in [5, 5.41) is 17.0. The minimum Gasteiger partial charge on any atom is -0.493 e. The lowest BCUT2D eigenvalue weighted by Crippen LogP contribution is -2.26. The highest BCUT2D eigenvalue weighted by Crippen LogP contribution is 2.49. The van der Waals surface area contributed by atoms with E-state index in [0.717, 1.165) is 25.7 Å². The van der Waals surface area contributed by atoms with Gasteiger partial charge in [-0.15, -0.1) is 0 Å². The summed E-state index contributed by atoms with van der Waals surface area (Å²) in [7, 11) is -14.7. The molecule has 0 saturated heterocycles. The standard InChI is InChI=1S/C100H106N6O12P4/c1-3-53-115-97-73-57-77-65-83(105-95(109)71-121(113,89-43-23-9-24-44-89)90-45-25-10-26-46-90)67-79(99(77)117-55-33-13-31-51-101)59-75-63-82(104-94(108)70-120(112,87-39-19-7-20-40-87)88-41-21-8-22-42-88)64-76(98(75)116-54-4-2)60-80-68-84(106-96(110)72-122(114,91-47-27-11-28-48-91)92-49-29-12-30-50-92)66-78(100(80)118-56-34-14-32-52-102)58-74(97)62-81(61-73)103-93(107)69-119(111,85-35-15-5-16-36-85)86-37-17-6-18-38-86/h5-12,15-30,35-50,61-68H,3-4,13-14,31-34,51-60,69-72,101-102H2,1-2H3,(H,103,107)(H,104,108)(H,105,109)(H,106,110). The second kappa shape index (κ2) is 42.4. The Kier molecular flexibility index (Phi) is 30.7. The summed E-state index contributed by atoms with van der Waals surface area (Å²) >= 11 is 0. The molecule has 1 aliphatic carbocycles. The summed E-state index contributed by atoms with van der Waals surface area (Å²) in [6, 6.07) is 87.1. The number of carbonyl (C=O) groups excluding carboxylic acids is 4. The molecule has 0 atom stereocenters. The molecule has 1 aliphatic rings. The minimum atomic E-state index is -3.68. The third kappa shape index (κ3) is 22.1. The summed E-state index contributed by atoms with van der Waals surface area (Å²) in [4.78, 5) is 61.7. The lowest BCUT2D eigenvalue weighted by molar-refractivity contribution is -0.114. The molecule has 122 heavy (non-hydrogen) atoms. The van der Waals surface area contributed by atoms with Gasteiger partial charge in [0, 0.05) is 135 Å². The van der Waals surface area contributed by atoms with Crippen molar-refractivity contribution in [3.8, 4) is 23.0 Å². The quantitative estimate of drug-likeness (QED) is 0.0155. The normalized spacial score (nSPS) is 12.2. The number of carbonyl (C=O) groups is 4. The van der Waals surface area contributed by atoms with E-state index in [9.17, 15) is 0 Å². The van der Waals surface area contributed by atoms with Crippen LogP contribution < -0.4 is 94.1 Å². The molecule has 628 valence electrons. The van der Waals surface area contributed by atoms with Gasteiger partial charge in [0.25, 0.3) is 0 Å². The zero-order valence-corrected chi connectivity index (χ0v) is 72.7. The smallest absolute Gasteiger partial charge is 0.232 e. The summed E-state index contributed by atoms with van der Waals surface area (Å²) in [6.07, 6.45) is 3.79. The van der Waals surface area contributed by atoms with Crippen LogP contribution in [0.3, 0.4) is 0 Å². The molecule has 8 bridgehead atoms. The van der Waals surface area contributed by atoms with Crippen LogP contribution in [0.1, 0.15) is 110 Å². The minimum absolute atomic E-state index is 0.0157. The second-order valence-electron chi connectivity index (χ2n) is 30.8. The maximum atomic E-state index is 15.9. The number of benzene rings is 12. The molecule has 13 rings (SSSR count). The van der Waals surface area contributed by atoms with Crippen LogP contribution >= 0.6 is 28.6 Å². The van der Waals surface area contributed by atoms with E-state index in [1.807, 2.05) is 208 Å². The van der Waals surface area contributed by atoms with Crippen molar-refractivity contribution in [2.45, 2.75) is 90.9 Å². The Morgan fingerprint density at radius 3 is 0.598 bits per heavy atom. The summed E-state index contributed by atoms with van der Waals surface area (Å²) < 4.78 is 92.3. The summed E-state index contributed by atoms with van der Waals surface area (Å²) in [6.45, 7) is 5.89. The molecule has 0 fully saturated rings. The van der Waals surface area contributed by atoms with Crippen LogP contribution in [0.2, 0.25) is 0 Å². The average Bonchev–Trinajstić information content (AvgIpc) is 0.768. The molecule has 22 heteroatoms. The lowest BCUT2D eigenvalue weighted by Gasteiger charge is -2.25. The van der Waals surface area contributed by atoms with E-state index in [1.54, 1.807) is 97.1 Å². The van der Waals surface area contributed by atoms with Crippen molar-refractivity contribution in [2.24, 2.45) is 11.5 Å². The predicted octanol–water partition coefficient (Wildman–Crippen LogP) is 16.8. The number of rotatable bonds is 38. The van der Waals surface area contributed by atoms with Crippen LogP contribution in [0.5, 0.6) is 23.0 Å². The Bertz CT molecular complexity index is 5160. The molecule has 0 aromatic heterocycles. The van der Waals surface area contributed by atoms with Gasteiger partial charge in [-0.25, -0.2) is 0 Å². The van der Waals surface area contributed by atoms with Gasteiger partial charge >= 0.3 is 0 Å². The molecule has 0 aliphatic heterocycles. The third-order valence-electron chi connectivity index (χ3n) is 21.6. The fraction of sp³-hybridized carbons (Fsp3) is 0.240. The number of hydrogen-bond donors (Lipinski definition) is 6. The van der Waals surface area contributed by atoms with Crippen molar-refractivity contribution in [3.05, 3.63) is 336 Å². The van der Waals surface area contributed by atoms with Crippen molar-refractivity contribution < 1.29 is 56.4 Å². The molecule has 0 radical (unpaired) electrons. The van der Waals surface area contributed by atoms with E-state index >= 15 is 37.4 Å². The van der Waals surface area contributed by atoms with Gasteiger partial charge in [0.1, 0.15) is 23.0 Å². The number of fused-ring (bicyclic) bond motifs is 8. The van der Waals surface area contributed by atoms with Gasteiger partial charge in [0.05, 0.1) is 51.1 Å².